The SMILES string of the molecule is Cn1cccc1C(=O)N1CCC(Cc2ccc(C(=O)N3CCCC3)cc2)CC1. The lowest BCUT2D eigenvalue weighted by Crippen LogP contribution is -2.39. The Morgan fingerprint density at radius 3 is 2.14 bits per heavy atom. The Balaban J connectivity index is 1.29. The maximum absolute atomic E-state index is 12.6. The molecule has 0 aliphatic carbocycles. The first-order valence-corrected chi connectivity index (χ1v) is 10.4. The zero-order chi connectivity index (χ0) is 19.5. The van der Waals surface area contributed by atoms with Gasteiger partial charge in [-0.3, -0.25) is 9.59 Å². The average molecular weight is 380 g/mol. The molecular weight excluding hydrogens is 350 g/mol. The molecule has 0 N–H and O–H groups in total. The van der Waals surface area contributed by atoms with Crippen molar-refractivity contribution in [2.24, 2.45) is 13.0 Å². The number of carbonyl (C=O) groups excluding carboxylic acids is 2. The van der Waals surface area contributed by atoms with Crippen molar-refractivity contribution in [3.63, 3.8) is 0 Å². The van der Waals surface area contributed by atoms with Gasteiger partial charge in [0.05, 0.1) is 0 Å². The van der Waals surface area contributed by atoms with Crippen LogP contribution < -0.4 is 0 Å². The standard InChI is InChI=1S/C23H29N3O2/c1-24-12-4-5-21(24)23(28)26-15-10-19(11-16-26)17-18-6-8-20(9-7-18)22(27)25-13-2-3-14-25/h4-9,12,19H,2-3,10-11,13-17H2,1H3. The van der Waals surface area contributed by atoms with E-state index >= 15 is 0 Å². The van der Waals surface area contributed by atoms with Gasteiger partial charge in [0.2, 0.25) is 0 Å². The fraction of sp³-hybridized carbons (Fsp3) is 0.478. The van der Waals surface area contributed by atoms with E-state index in [0.717, 1.165) is 69.5 Å². The lowest BCUT2D eigenvalue weighted by atomic mass is 9.89. The Kier molecular flexibility index (Phi) is 5.51. The van der Waals surface area contributed by atoms with Crippen molar-refractivity contribution < 1.29 is 9.59 Å². The van der Waals surface area contributed by atoms with Crippen molar-refractivity contribution in [1.82, 2.24) is 14.4 Å². The number of piperidine rings is 1. The molecule has 0 bridgehead atoms. The molecule has 0 atom stereocenters. The molecule has 3 heterocycles. The van der Waals surface area contributed by atoms with Crippen molar-refractivity contribution in [3.8, 4) is 0 Å². The van der Waals surface area contributed by atoms with Gasteiger partial charge in [0.25, 0.3) is 11.8 Å². The molecule has 0 spiro atoms. The van der Waals surface area contributed by atoms with E-state index in [4.69, 9.17) is 0 Å². The quantitative estimate of drug-likeness (QED) is 0.818. The molecule has 2 aromatic rings. The fourth-order valence-corrected chi connectivity index (χ4v) is 4.41. The summed E-state index contributed by atoms with van der Waals surface area (Å²) in [6, 6.07) is 12.0. The number of rotatable bonds is 4. The number of aromatic nitrogens is 1. The fourth-order valence-electron chi connectivity index (χ4n) is 4.41. The van der Waals surface area contributed by atoms with Crippen molar-refractivity contribution in [1.29, 1.82) is 0 Å². The minimum atomic E-state index is 0.135. The Bertz CT molecular complexity index is 826. The lowest BCUT2D eigenvalue weighted by molar-refractivity contribution is 0.0680. The van der Waals surface area contributed by atoms with Gasteiger partial charge in [0.15, 0.2) is 0 Å². The van der Waals surface area contributed by atoms with Crippen LogP contribution in [0.4, 0.5) is 0 Å². The molecule has 2 aliphatic heterocycles. The van der Waals surface area contributed by atoms with Crippen molar-refractivity contribution in [3.05, 3.63) is 59.4 Å². The Morgan fingerprint density at radius 2 is 1.54 bits per heavy atom. The number of aryl methyl sites for hydroxylation is 1. The molecule has 148 valence electrons. The topological polar surface area (TPSA) is 45.6 Å². The Labute approximate surface area is 166 Å². The van der Waals surface area contributed by atoms with Gasteiger partial charge in [-0.1, -0.05) is 12.1 Å². The number of amides is 2. The second-order valence-electron chi connectivity index (χ2n) is 8.14. The zero-order valence-electron chi connectivity index (χ0n) is 16.6. The van der Waals surface area contributed by atoms with E-state index in [9.17, 15) is 9.59 Å². The monoisotopic (exact) mass is 379 g/mol. The summed E-state index contributed by atoms with van der Waals surface area (Å²) in [4.78, 5) is 29.0. The van der Waals surface area contributed by atoms with Crippen LogP contribution in [0.15, 0.2) is 42.6 Å². The van der Waals surface area contributed by atoms with Gasteiger partial charge in [0.1, 0.15) is 5.69 Å². The molecule has 1 aromatic heterocycles. The van der Waals surface area contributed by atoms with E-state index in [2.05, 4.69) is 12.1 Å². The van der Waals surface area contributed by atoms with E-state index in [1.807, 2.05) is 51.9 Å². The summed E-state index contributed by atoms with van der Waals surface area (Å²) in [5.41, 5.74) is 2.84. The molecule has 2 amide bonds. The van der Waals surface area contributed by atoms with Crippen LogP contribution >= 0.6 is 0 Å². The second-order valence-corrected chi connectivity index (χ2v) is 8.14. The molecule has 0 saturated carbocycles. The Hall–Kier alpha value is -2.56. The molecule has 0 unspecified atom stereocenters. The van der Waals surface area contributed by atoms with Gasteiger partial charge < -0.3 is 14.4 Å². The molecule has 1 aromatic carbocycles. The van der Waals surface area contributed by atoms with Gasteiger partial charge in [-0.25, -0.2) is 0 Å². The van der Waals surface area contributed by atoms with Crippen molar-refractivity contribution in [2.75, 3.05) is 26.2 Å². The zero-order valence-corrected chi connectivity index (χ0v) is 16.6. The summed E-state index contributed by atoms with van der Waals surface area (Å²) < 4.78 is 1.89. The highest BCUT2D eigenvalue weighted by Gasteiger charge is 2.25. The molecule has 5 heteroatoms. The van der Waals surface area contributed by atoms with Crippen LogP contribution in [-0.4, -0.2) is 52.4 Å². The molecule has 0 radical (unpaired) electrons. The number of hydrogen-bond acceptors (Lipinski definition) is 2. The summed E-state index contributed by atoms with van der Waals surface area (Å²) in [6.45, 7) is 3.42. The minimum absolute atomic E-state index is 0.135. The number of likely N-dealkylation sites (tertiary alicyclic amines) is 2. The van der Waals surface area contributed by atoms with Gasteiger partial charge in [-0.2, -0.15) is 0 Å². The van der Waals surface area contributed by atoms with Crippen LogP contribution in [0.1, 0.15) is 52.1 Å². The molecule has 2 aliphatic rings. The first-order chi connectivity index (χ1) is 13.6. The van der Waals surface area contributed by atoms with Gasteiger partial charge >= 0.3 is 0 Å². The summed E-state index contributed by atoms with van der Waals surface area (Å²) in [6.07, 6.45) is 7.24. The summed E-state index contributed by atoms with van der Waals surface area (Å²) in [5, 5.41) is 0. The van der Waals surface area contributed by atoms with Gasteiger partial charge in [0, 0.05) is 45.0 Å². The van der Waals surface area contributed by atoms with Crippen molar-refractivity contribution >= 4 is 11.8 Å². The smallest absolute Gasteiger partial charge is 0.270 e. The highest BCUT2D eigenvalue weighted by atomic mass is 16.2. The van der Waals surface area contributed by atoms with Crippen LogP contribution in [0.25, 0.3) is 0 Å². The van der Waals surface area contributed by atoms with E-state index in [-0.39, 0.29) is 11.8 Å². The van der Waals surface area contributed by atoms with E-state index in [1.165, 1.54) is 5.56 Å². The minimum Gasteiger partial charge on any atom is -0.347 e. The maximum atomic E-state index is 12.6. The number of hydrogen-bond donors (Lipinski definition) is 0. The van der Waals surface area contributed by atoms with E-state index < -0.39 is 0 Å². The van der Waals surface area contributed by atoms with E-state index in [1.54, 1.807) is 0 Å². The number of carbonyl (C=O) groups is 2. The largest absolute Gasteiger partial charge is 0.347 e. The van der Waals surface area contributed by atoms with Crippen LogP contribution in [0.3, 0.4) is 0 Å². The third-order valence-corrected chi connectivity index (χ3v) is 6.18. The molecule has 2 fully saturated rings. The summed E-state index contributed by atoms with van der Waals surface area (Å²) in [7, 11) is 1.91. The predicted octanol–water partition coefficient (Wildman–Crippen LogP) is 3.36. The van der Waals surface area contributed by atoms with Crippen LogP contribution in [0, 0.1) is 5.92 Å². The predicted molar refractivity (Wildman–Crippen MR) is 109 cm³/mol. The highest BCUT2D eigenvalue weighted by molar-refractivity contribution is 5.94. The molecule has 4 rings (SSSR count). The summed E-state index contributed by atoms with van der Waals surface area (Å²) >= 11 is 0. The average Bonchev–Trinajstić information content (AvgIpc) is 3.40. The van der Waals surface area contributed by atoms with Gasteiger partial charge in [-0.15, -0.1) is 0 Å². The van der Waals surface area contributed by atoms with Crippen LogP contribution in [-0.2, 0) is 13.5 Å². The number of nitrogens with zero attached hydrogens (tertiary/aromatic N) is 3. The molecule has 2 saturated heterocycles. The van der Waals surface area contributed by atoms with Crippen LogP contribution in [0.2, 0.25) is 0 Å². The normalized spacial score (nSPS) is 17.9. The van der Waals surface area contributed by atoms with Crippen LogP contribution in [0.5, 0.6) is 0 Å². The molecular formula is C23H29N3O2. The molecule has 28 heavy (non-hydrogen) atoms. The van der Waals surface area contributed by atoms with Gasteiger partial charge in [-0.05, 0) is 67.9 Å². The third-order valence-electron chi connectivity index (χ3n) is 6.18. The highest BCUT2D eigenvalue weighted by Crippen LogP contribution is 2.23. The lowest BCUT2D eigenvalue weighted by Gasteiger charge is -2.32. The first-order valence-electron chi connectivity index (χ1n) is 10.4. The molecule has 5 nitrogen and oxygen atoms in total. The summed E-state index contributed by atoms with van der Waals surface area (Å²) in [5.74, 6) is 0.893. The third kappa shape index (κ3) is 3.98. The van der Waals surface area contributed by atoms with E-state index in [0.29, 0.717) is 5.92 Å². The Morgan fingerprint density at radius 1 is 0.893 bits per heavy atom. The van der Waals surface area contributed by atoms with Crippen molar-refractivity contribution in [2.45, 2.75) is 32.1 Å². The first kappa shape index (κ1) is 18.8. The second kappa shape index (κ2) is 8.21. The maximum Gasteiger partial charge on any atom is 0.270 e. The number of benzene rings is 1.